The minimum Gasteiger partial charge on any atom is -0.389 e. The van der Waals surface area contributed by atoms with E-state index in [0.29, 0.717) is 6.42 Å². The van der Waals surface area contributed by atoms with Gasteiger partial charge in [-0.2, -0.15) is 0 Å². The van der Waals surface area contributed by atoms with Gasteiger partial charge in [0, 0.05) is 13.5 Å². The minimum atomic E-state index is -0.580. The highest BCUT2D eigenvalue weighted by molar-refractivity contribution is 6.21. The Morgan fingerprint density at radius 2 is 2.27 bits per heavy atom. The lowest BCUT2D eigenvalue weighted by Crippen LogP contribution is -2.44. The molecule has 0 aromatic rings. The number of rotatable bonds is 1. The van der Waals surface area contributed by atoms with E-state index in [0.717, 1.165) is 0 Å². The Morgan fingerprint density at radius 3 is 2.73 bits per heavy atom. The summed E-state index contributed by atoms with van der Waals surface area (Å²) in [5.74, 6) is 0. The van der Waals surface area contributed by atoms with E-state index in [1.54, 1.807) is 14.0 Å². The molecule has 3 nitrogen and oxygen atoms in total. The molecule has 0 bridgehead atoms. The van der Waals surface area contributed by atoms with Gasteiger partial charge in [0.2, 0.25) is 0 Å². The lowest BCUT2D eigenvalue weighted by molar-refractivity contribution is -0.204. The van der Waals surface area contributed by atoms with Crippen LogP contribution in [0.1, 0.15) is 13.3 Å². The van der Waals surface area contributed by atoms with Crippen LogP contribution >= 0.6 is 11.6 Å². The van der Waals surface area contributed by atoms with Crippen molar-refractivity contribution in [3.05, 3.63) is 0 Å². The van der Waals surface area contributed by atoms with Gasteiger partial charge in [0.25, 0.3) is 0 Å². The Hall–Kier alpha value is 0.170. The van der Waals surface area contributed by atoms with Gasteiger partial charge in [0.15, 0.2) is 6.29 Å². The van der Waals surface area contributed by atoms with Crippen LogP contribution in [0, 0.1) is 0 Å². The predicted molar refractivity (Wildman–Crippen MR) is 41.6 cm³/mol. The number of hydrogen-bond donors (Lipinski definition) is 1. The molecule has 1 N–H and O–H groups in total. The van der Waals surface area contributed by atoms with Crippen LogP contribution in [0.15, 0.2) is 0 Å². The summed E-state index contributed by atoms with van der Waals surface area (Å²) in [6.07, 6.45) is -0.543. The monoisotopic (exact) mass is 180 g/mol. The second-order valence-corrected chi connectivity index (χ2v) is 3.31. The van der Waals surface area contributed by atoms with E-state index in [1.807, 2.05) is 0 Å². The second kappa shape index (κ2) is 3.72. The Kier molecular flexibility index (Phi) is 3.13. The Balaban J connectivity index is 2.47. The molecule has 1 aliphatic heterocycles. The van der Waals surface area contributed by atoms with E-state index in [-0.39, 0.29) is 17.8 Å². The fraction of sp³-hybridized carbons (Fsp3) is 1.00. The molecular formula is C7H13ClO3. The van der Waals surface area contributed by atoms with Crippen LogP contribution in [-0.2, 0) is 9.47 Å². The third-order valence-corrected chi connectivity index (χ3v) is 2.33. The zero-order valence-corrected chi connectivity index (χ0v) is 7.41. The summed E-state index contributed by atoms with van der Waals surface area (Å²) >= 11 is 5.83. The fourth-order valence-corrected chi connectivity index (χ4v) is 1.49. The Morgan fingerprint density at radius 1 is 1.64 bits per heavy atom. The number of hydrogen-bond acceptors (Lipinski definition) is 3. The van der Waals surface area contributed by atoms with Crippen molar-refractivity contribution in [3.63, 3.8) is 0 Å². The van der Waals surface area contributed by atoms with E-state index >= 15 is 0 Å². The van der Waals surface area contributed by atoms with Gasteiger partial charge in [-0.15, -0.1) is 11.6 Å². The highest BCUT2D eigenvalue weighted by Crippen LogP contribution is 2.24. The van der Waals surface area contributed by atoms with Crippen LogP contribution < -0.4 is 0 Å². The number of ether oxygens (including phenoxy) is 2. The lowest BCUT2D eigenvalue weighted by atomic mass is 10.1. The molecule has 1 unspecified atom stereocenters. The zero-order chi connectivity index (χ0) is 8.43. The van der Waals surface area contributed by atoms with Crippen LogP contribution in [0.4, 0.5) is 0 Å². The average Bonchev–Trinajstić information content (AvgIpc) is 1.99. The number of aliphatic hydroxyl groups excluding tert-OH is 1. The van der Waals surface area contributed by atoms with Gasteiger partial charge in [-0.1, -0.05) is 0 Å². The van der Waals surface area contributed by atoms with Crippen LogP contribution in [-0.4, -0.2) is 36.1 Å². The first-order valence-corrected chi connectivity index (χ1v) is 4.09. The molecule has 4 heteroatoms. The maximum Gasteiger partial charge on any atom is 0.159 e. The van der Waals surface area contributed by atoms with Gasteiger partial charge >= 0.3 is 0 Å². The summed E-state index contributed by atoms with van der Waals surface area (Å²) in [6.45, 7) is 1.78. The summed E-state index contributed by atoms with van der Waals surface area (Å²) < 4.78 is 10.2. The third-order valence-electron chi connectivity index (χ3n) is 1.90. The van der Waals surface area contributed by atoms with Crippen LogP contribution in [0.2, 0.25) is 0 Å². The average molecular weight is 181 g/mol. The molecule has 1 fully saturated rings. The number of aliphatic hydroxyl groups is 1. The van der Waals surface area contributed by atoms with Gasteiger partial charge in [0.1, 0.15) is 0 Å². The van der Waals surface area contributed by atoms with Crippen molar-refractivity contribution >= 4 is 11.6 Å². The van der Waals surface area contributed by atoms with Crippen molar-refractivity contribution in [2.75, 3.05) is 7.11 Å². The standard InChI is InChI=1S/C7H13ClO3/c1-4-7(9)5(8)3-6(10-2)11-4/h4-7,9H,3H2,1-2H3/t4-,5-,6?,7-/m0/s1. The SMILES string of the molecule is COC1C[C@H](Cl)[C@@H](O)[C@H](C)O1. The van der Waals surface area contributed by atoms with Crippen molar-refractivity contribution in [2.45, 2.75) is 37.2 Å². The Bertz CT molecular complexity index is 119. The van der Waals surface area contributed by atoms with Gasteiger partial charge in [-0.25, -0.2) is 0 Å². The maximum absolute atomic E-state index is 9.35. The molecule has 0 aromatic heterocycles. The van der Waals surface area contributed by atoms with E-state index in [1.165, 1.54) is 0 Å². The quantitative estimate of drug-likeness (QED) is 0.605. The predicted octanol–water partition coefficient (Wildman–Crippen LogP) is 0.736. The topological polar surface area (TPSA) is 38.7 Å². The summed E-state index contributed by atoms with van der Waals surface area (Å²) in [6, 6.07) is 0. The Labute approximate surface area is 71.2 Å². The van der Waals surface area contributed by atoms with Crippen molar-refractivity contribution in [2.24, 2.45) is 0 Å². The molecule has 1 aliphatic rings. The molecule has 66 valence electrons. The first kappa shape index (κ1) is 9.26. The first-order chi connectivity index (χ1) is 5.15. The van der Waals surface area contributed by atoms with Crippen molar-refractivity contribution in [3.8, 4) is 0 Å². The molecule has 1 rings (SSSR count). The minimum absolute atomic E-state index is 0.240. The van der Waals surface area contributed by atoms with Crippen molar-refractivity contribution in [1.29, 1.82) is 0 Å². The molecule has 1 heterocycles. The molecule has 0 amide bonds. The molecule has 4 atom stereocenters. The third kappa shape index (κ3) is 2.06. The van der Waals surface area contributed by atoms with Crippen LogP contribution in [0.3, 0.4) is 0 Å². The number of halogens is 1. The summed E-state index contributed by atoms with van der Waals surface area (Å²) in [5, 5.41) is 9.09. The van der Waals surface area contributed by atoms with Crippen molar-refractivity contribution < 1.29 is 14.6 Å². The van der Waals surface area contributed by atoms with Crippen LogP contribution in [0.25, 0.3) is 0 Å². The van der Waals surface area contributed by atoms with Gasteiger partial charge in [0.05, 0.1) is 17.6 Å². The molecular weight excluding hydrogens is 168 g/mol. The number of methoxy groups -OCH3 is 1. The molecule has 0 aromatic carbocycles. The highest BCUT2D eigenvalue weighted by Gasteiger charge is 2.33. The first-order valence-electron chi connectivity index (χ1n) is 3.65. The zero-order valence-electron chi connectivity index (χ0n) is 6.66. The molecule has 0 radical (unpaired) electrons. The molecule has 11 heavy (non-hydrogen) atoms. The lowest BCUT2D eigenvalue weighted by Gasteiger charge is -2.34. The largest absolute Gasteiger partial charge is 0.389 e. The normalized spacial score (nSPS) is 45.8. The fourth-order valence-electron chi connectivity index (χ4n) is 1.14. The molecule has 0 spiro atoms. The highest BCUT2D eigenvalue weighted by atomic mass is 35.5. The summed E-state index contributed by atoms with van der Waals surface area (Å²) in [4.78, 5) is 0. The van der Waals surface area contributed by atoms with Gasteiger partial charge in [-0.3, -0.25) is 0 Å². The maximum atomic E-state index is 9.35. The molecule has 0 aliphatic carbocycles. The number of alkyl halides is 1. The smallest absolute Gasteiger partial charge is 0.159 e. The summed E-state index contributed by atoms with van der Waals surface area (Å²) in [7, 11) is 1.57. The van der Waals surface area contributed by atoms with Crippen LogP contribution in [0.5, 0.6) is 0 Å². The van der Waals surface area contributed by atoms with E-state index in [4.69, 9.17) is 21.1 Å². The van der Waals surface area contributed by atoms with Gasteiger partial charge in [-0.05, 0) is 6.92 Å². The van der Waals surface area contributed by atoms with Gasteiger partial charge < -0.3 is 14.6 Å². The summed E-state index contributed by atoms with van der Waals surface area (Å²) in [5.41, 5.74) is 0. The van der Waals surface area contributed by atoms with E-state index in [9.17, 15) is 5.11 Å². The molecule has 0 saturated carbocycles. The van der Waals surface area contributed by atoms with E-state index in [2.05, 4.69) is 0 Å². The van der Waals surface area contributed by atoms with Crippen molar-refractivity contribution in [1.82, 2.24) is 0 Å². The molecule has 1 saturated heterocycles. The van der Waals surface area contributed by atoms with E-state index < -0.39 is 6.10 Å². The second-order valence-electron chi connectivity index (χ2n) is 2.75.